The van der Waals surface area contributed by atoms with Crippen molar-refractivity contribution in [3.8, 4) is 23.3 Å². The summed E-state index contributed by atoms with van der Waals surface area (Å²) in [6.45, 7) is 4.33. The molecule has 0 saturated carbocycles. The molecule has 1 aromatic heterocycles. The minimum atomic E-state index is -4.51. The molecule has 1 unspecified atom stereocenters. The second kappa shape index (κ2) is 10.8. The van der Waals surface area contributed by atoms with Crippen molar-refractivity contribution in [2.24, 2.45) is 5.73 Å². The van der Waals surface area contributed by atoms with Gasteiger partial charge in [0.05, 0.1) is 18.1 Å². The lowest BCUT2D eigenvalue weighted by Gasteiger charge is -2.24. The van der Waals surface area contributed by atoms with Crippen LogP contribution in [0.3, 0.4) is 0 Å². The van der Waals surface area contributed by atoms with E-state index in [1.807, 2.05) is 43.3 Å². The smallest absolute Gasteiger partial charge is 0.469 e. The SMILES string of the molecule is CCOc1ccc(OCC#Cc2ccc(CCC(C)(N)COP(=O)(O)O)s2)cc1. The van der Waals surface area contributed by atoms with Crippen molar-refractivity contribution in [3.05, 3.63) is 46.2 Å². The van der Waals surface area contributed by atoms with Gasteiger partial charge >= 0.3 is 7.82 Å². The van der Waals surface area contributed by atoms with Crippen LogP contribution >= 0.6 is 19.2 Å². The predicted octanol–water partition coefficient (Wildman–Crippen LogP) is 3.34. The maximum Gasteiger partial charge on any atom is 0.469 e. The Kier molecular flexibility index (Phi) is 8.72. The molecule has 0 fully saturated rings. The fourth-order valence-corrected chi connectivity index (χ4v) is 3.68. The van der Waals surface area contributed by atoms with E-state index < -0.39 is 13.4 Å². The summed E-state index contributed by atoms with van der Waals surface area (Å²) in [5, 5.41) is 0. The van der Waals surface area contributed by atoms with Crippen molar-refractivity contribution >= 4 is 19.2 Å². The molecular weight excluding hydrogens is 413 g/mol. The lowest BCUT2D eigenvalue weighted by molar-refractivity contribution is 0.154. The Morgan fingerprint density at radius 2 is 1.79 bits per heavy atom. The minimum Gasteiger partial charge on any atom is -0.494 e. The number of phosphoric ester groups is 1. The van der Waals surface area contributed by atoms with E-state index in [1.165, 1.54) is 0 Å². The molecule has 0 radical (unpaired) electrons. The zero-order valence-electron chi connectivity index (χ0n) is 16.5. The first-order chi connectivity index (χ1) is 13.7. The number of aryl methyl sites for hydroxylation is 1. The van der Waals surface area contributed by atoms with Crippen molar-refractivity contribution in [3.63, 3.8) is 0 Å². The number of rotatable bonds is 10. The Bertz CT molecular complexity index is 878. The number of benzene rings is 1. The number of phosphoric acid groups is 1. The highest BCUT2D eigenvalue weighted by Gasteiger charge is 2.24. The van der Waals surface area contributed by atoms with Crippen LogP contribution in [0.4, 0.5) is 0 Å². The fraction of sp³-hybridized carbons (Fsp3) is 0.400. The van der Waals surface area contributed by atoms with Crippen molar-refractivity contribution in [2.45, 2.75) is 32.2 Å². The Labute approximate surface area is 175 Å². The topological polar surface area (TPSA) is 111 Å². The highest BCUT2D eigenvalue weighted by atomic mass is 32.1. The lowest BCUT2D eigenvalue weighted by atomic mass is 9.98. The third kappa shape index (κ3) is 9.46. The summed E-state index contributed by atoms with van der Waals surface area (Å²) in [7, 11) is -4.51. The van der Waals surface area contributed by atoms with Crippen LogP contribution in [0.2, 0.25) is 0 Å². The molecule has 0 amide bonds. The normalized spacial score (nSPS) is 13.3. The van der Waals surface area contributed by atoms with Crippen LogP contribution in [-0.4, -0.2) is 35.1 Å². The molecule has 0 aliphatic heterocycles. The molecule has 7 nitrogen and oxygen atoms in total. The molecule has 0 aliphatic carbocycles. The molecule has 0 aliphatic rings. The summed E-state index contributed by atoms with van der Waals surface area (Å²) < 4.78 is 26.3. The Hall–Kier alpha value is -1.85. The van der Waals surface area contributed by atoms with Gasteiger partial charge in [-0.25, -0.2) is 4.57 Å². The van der Waals surface area contributed by atoms with Crippen LogP contribution < -0.4 is 15.2 Å². The first-order valence-electron chi connectivity index (χ1n) is 9.09. The van der Waals surface area contributed by atoms with Gasteiger partial charge in [0.1, 0.15) is 18.1 Å². The van der Waals surface area contributed by atoms with E-state index in [4.69, 9.17) is 25.0 Å². The molecule has 9 heteroatoms. The Balaban J connectivity index is 1.78. The molecule has 1 heterocycles. The lowest BCUT2D eigenvalue weighted by Crippen LogP contribution is -2.41. The molecule has 0 saturated heterocycles. The van der Waals surface area contributed by atoms with E-state index in [9.17, 15) is 4.57 Å². The van der Waals surface area contributed by atoms with E-state index in [1.54, 1.807) is 18.3 Å². The molecule has 4 N–H and O–H groups in total. The quantitative estimate of drug-likeness (QED) is 0.385. The maximum absolute atomic E-state index is 10.8. The molecule has 1 aromatic carbocycles. The Morgan fingerprint density at radius 1 is 1.14 bits per heavy atom. The number of nitrogens with two attached hydrogens (primary N) is 1. The van der Waals surface area contributed by atoms with Crippen LogP contribution in [-0.2, 0) is 15.5 Å². The second-order valence-electron chi connectivity index (χ2n) is 6.68. The number of hydrogen-bond donors (Lipinski definition) is 3. The summed E-state index contributed by atoms with van der Waals surface area (Å²) in [6.07, 6.45) is 1.20. The molecular formula is C20H26NO6PS. The minimum absolute atomic E-state index is 0.210. The van der Waals surface area contributed by atoms with Crippen molar-refractivity contribution in [1.29, 1.82) is 0 Å². The first kappa shape index (κ1) is 23.4. The largest absolute Gasteiger partial charge is 0.494 e. The van der Waals surface area contributed by atoms with Gasteiger partial charge in [-0.3, -0.25) is 4.52 Å². The molecule has 2 rings (SSSR count). The highest BCUT2D eigenvalue weighted by Crippen LogP contribution is 2.37. The second-order valence-corrected chi connectivity index (χ2v) is 9.09. The fourth-order valence-electron chi connectivity index (χ4n) is 2.33. The van der Waals surface area contributed by atoms with E-state index in [2.05, 4.69) is 16.4 Å². The van der Waals surface area contributed by atoms with Gasteiger partial charge in [-0.1, -0.05) is 11.8 Å². The summed E-state index contributed by atoms with van der Waals surface area (Å²) in [5.41, 5.74) is 5.21. The van der Waals surface area contributed by atoms with Crippen LogP contribution in [0, 0.1) is 11.8 Å². The van der Waals surface area contributed by atoms with Crippen molar-refractivity contribution in [2.75, 3.05) is 19.8 Å². The standard InChI is InChI=1S/C20H26NO6PS/c1-3-25-16-6-8-17(9-7-16)26-14-4-5-18-10-11-19(29-18)12-13-20(2,21)15-27-28(22,23)24/h6-11H,3,12-15,21H2,1-2H3,(H2,22,23,24). The zero-order chi connectivity index (χ0) is 21.3. The van der Waals surface area contributed by atoms with Gasteiger partial charge in [0.15, 0.2) is 0 Å². The van der Waals surface area contributed by atoms with E-state index >= 15 is 0 Å². The predicted molar refractivity (Wildman–Crippen MR) is 113 cm³/mol. The maximum atomic E-state index is 10.8. The van der Waals surface area contributed by atoms with Crippen molar-refractivity contribution in [1.82, 2.24) is 0 Å². The zero-order valence-corrected chi connectivity index (χ0v) is 18.2. The molecule has 158 valence electrons. The van der Waals surface area contributed by atoms with Crippen LogP contribution in [0.5, 0.6) is 11.5 Å². The molecule has 0 bridgehead atoms. The number of ether oxygens (including phenoxy) is 2. The molecule has 0 spiro atoms. The average Bonchev–Trinajstić information content (AvgIpc) is 3.11. The van der Waals surface area contributed by atoms with Gasteiger partial charge in [-0.2, -0.15) is 0 Å². The summed E-state index contributed by atoms with van der Waals surface area (Å²) in [6, 6.07) is 11.3. The number of hydrogen-bond acceptors (Lipinski definition) is 6. The summed E-state index contributed by atoms with van der Waals surface area (Å²) in [4.78, 5) is 19.6. The van der Waals surface area contributed by atoms with E-state index in [0.29, 0.717) is 19.4 Å². The van der Waals surface area contributed by atoms with E-state index in [-0.39, 0.29) is 13.2 Å². The Morgan fingerprint density at radius 3 is 2.41 bits per heavy atom. The highest BCUT2D eigenvalue weighted by molar-refractivity contribution is 7.46. The van der Waals surface area contributed by atoms with Gasteiger partial charge in [-0.05, 0) is 63.1 Å². The van der Waals surface area contributed by atoms with Gasteiger partial charge < -0.3 is 25.0 Å². The summed E-state index contributed by atoms with van der Waals surface area (Å²) in [5.74, 6) is 7.59. The van der Waals surface area contributed by atoms with Gasteiger partial charge in [0, 0.05) is 10.4 Å². The van der Waals surface area contributed by atoms with E-state index in [0.717, 1.165) is 21.3 Å². The van der Waals surface area contributed by atoms with Gasteiger partial charge in [0.25, 0.3) is 0 Å². The number of thiophene rings is 1. The first-order valence-corrected chi connectivity index (χ1v) is 11.4. The van der Waals surface area contributed by atoms with Crippen LogP contribution in [0.15, 0.2) is 36.4 Å². The monoisotopic (exact) mass is 439 g/mol. The van der Waals surface area contributed by atoms with Gasteiger partial charge in [-0.15, -0.1) is 11.3 Å². The third-order valence-corrected chi connectivity index (χ3v) is 5.35. The molecule has 1 atom stereocenters. The van der Waals surface area contributed by atoms with Gasteiger partial charge in [0.2, 0.25) is 0 Å². The van der Waals surface area contributed by atoms with Crippen LogP contribution in [0.1, 0.15) is 30.0 Å². The summed E-state index contributed by atoms with van der Waals surface area (Å²) >= 11 is 1.56. The average molecular weight is 439 g/mol. The molecule has 29 heavy (non-hydrogen) atoms. The van der Waals surface area contributed by atoms with Crippen LogP contribution in [0.25, 0.3) is 0 Å². The third-order valence-electron chi connectivity index (χ3n) is 3.82. The van der Waals surface area contributed by atoms with Crippen molar-refractivity contribution < 1.29 is 28.3 Å². The molecule has 2 aromatic rings.